The fraction of sp³-hybridized carbons (Fsp3) is 0.944. The predicted molar refractivity (Wildman–Crippen MR) is 83.8 cm³/mol. The number of rotatable bonds is 3. The van der Waals surface area contributed by atoms with E-state index in [-0.39, 0.29) is 24.1 Å². The Morgan fingerprint density at radius 2 is 1.90 bits per heavy atom. The summed E-state index contributed by atoms with van der Waals surface area (Å²) in [4.78, 5) is 11.5. The smallest absolute Gasteiger partial charge is 0.302 e. The van der Waals surface area contributed by atoms with Crippen LogP contribution in [0.15, 0.2) is 0 Å². The van der Waals surface area contributed by atoms with Crippen molar-refractivity contribution in [3.8, 4) is 0 Å². The van der Waals surface area contributed by atoms with Crippen LogP contribution in [0.1, 0.15) is 66.7 Å². The number of esters is 1. The van der Waals surface area contributed by atoms with Gasteiger partial charge in [-0.25, -0.2) is 0 Å². The van der Waals surface area contributed by atoms with Crippen molar-refractivity contribution >= 4 is 5.97 Å². The van der Waals surface area contributed by atoms with Crippen LogP contribution in [0.2, 0.25) is 0 Å². The molecule has 0 heterocycles. The average molecular weight is 296 g/mol. The molecule has 3 heteroatoms. The quantitative estimate of drug-likeness (QED) is 0.806. The van der Waals surface area contributed by atoms with Gasteiger partial charge in [-0.2, -0.15) is 0 Å². The Hall–Kier alpha value is -0.570. The van der Waals surface area contributed by atoms with Crippen LogP contribution in [0, 0.1) is 28.6 Å². The van der Waals surface area contributed by atoms with Crippen LogP contribution < -0.4 is 0 Å². The Kier molecular flexibility index (Phi) is 4.72. The van der Waals surface area contributed by atoms with Gasteiger partial charge >= 0.3 is 5.97 Å². The van der Waals surface area contributed by atoms with E-state index < -0.39 is 0 Å². The van der Waals surface area contributed by atoms with Crippen LogP contribution in [0.25, 0.3) is 0 Å². The summed E-state index contributed by atoms with van der Waals surface area (Å²) >= 11 is 0. The molecular weight excluding hydrogens is 264 g/mol. The van der Waals surface area contributed by atoms with Gasteiger partial charge in [0.25, 0.3) is 0 Å². The van der Waals surface area contributed by atoms with Gasteiger partial charge in [0.05, 0.1) is 0 Å². The van der Waals surface area contributed by atoms with Gasteiger partial charge < -0.3 is 9.84 Å². The van der Waals surface area contributed by atoms with Gasteiger partial charge in [-0.15, -0.1) is 0 Å². The fourth-order valence-electron chi connectivity index (χ4n) is 5.17. The number of aliphatic hydroxyl groups excluding tert-OH is 1. The van der Waals surface area contributed by atoms with Crippen LogP contribution in [-0.2, 0) is 9.53 Å². The van der Waals surface area contributed by atoms with E-state index >= 15 is 0 Å². The molecule has 2 saturated carbocycles. The lowest BCUT2D eigenvalue weighted by atomic mass is 9.47. The van der Waals surface area contributed by atoms with E-state index in [0.717, 1.165) is 19.3 Å². The molecule has 5 atom stereocenters. The van der Waals surface area contributed by atoms with Crippen molar-refractivity contribution in [1.29, 1.82) is 0 Å². The Balaban J connectivity index is 2.37. The highest BCUT2D eigenvalue weighted by Crippen LogP contribution is 2.60. The summed E-state index contributed by atoms with van der Waals surface area (Å²) in [6, 6.07) is 0. The molecule has 0 radical (unpaired) electrons. The maximum absolute atomic E-state index is 11.5. The summed E-state index contributed by atoms with van der Waals surface area (Å²) in [6.07, 6.45) is 5.35. The van der Waals surface area contributed by atoms with Gasteiger partial charge in [0.15, 0.2) is 0 Å². The molecule has 122 valence electrons. The summed E-state index contributed by atoms with van der Waals surface area (Å²) < 4.78 is 5.72. The zero-order valence-corrected chi connectivity index (χ0v) is 14.3. The van der Waals surface area contributed by atoms with E-state index in [1.165, 1.54) is 19.8 Å². The summed E-state index contributed by atoms with van der Waals surface area (Å²) in [7, 11) is 0. The minimum Gasteiger partial charge on any atom is -0.462 e. The number of carbonyl (C=O) groups excluding carboxylic acids is 1. The second-order valence-electron chi connectivity index (χ2n) is 8.27. The van der Waals surface area contributed by atoms with Crippen molar-refractivity contribution in [2.45, 2.75) is 72.8 Å². The summed E-state index contributed by atoms with van der Waals surface area (Å²) in [6.45, 7) is 11.1. The third-order valence-electron chi connectivity index (χ3n) is 6.68. The van der Waals surface area contributed by atoms with Crippen molar-refractivity contribution < 1.29 is 14.6 Å². The Bertz CT molecular complexity index is 390. The molecule has 3 nitrogen and oxygen atoms in total. The molecule has 0 saturated heterocycles. The fourth-order valence-corrected chi connectivity index (χ4v) is 5.17. The first-order valence-electron chi connectivity index (χ1n) is 8.50. The number of aliphatic hydroxyl groups is 1. The van der Waals surface area contributed by atoms with Crippen molar-refractivity contribution in [2.75, 3.05) is 6.61 Å². The predicted octanol–water partition coefficient (Wildman–Crippen LogP) is 3.79. The van der Waals surface area contributed by atoms with Crippen molar-refractivity contribution in [3.63, 3.8) is 0 Å². The molecule has 21 heavy (non-hydrogen) atoms. The highest BCUT2D eigenvalue weighted by Gasteiger charge is 2.56. The first-order chi connectivity index (χ1) is 9.72. The molecule has 0 bridgehead atoms. The number of hydrogen-bond donors (Lipinski definition) is 1. The Morgan fingerprint density at radius 3 is 2.48 bits per heavy atom. The van der Waals surface area contributed by atoms with Gasteiger partial charge in [0, 0.05) is 19.4 Å². The van der Waals surface area contributed by atoms with Gasteiger partial charge in [0.2, 0.25) is 0 Å². The van der Waals surface area contributed by atoms with Gasteiger partial charge in [-0.05, 0) is 54.8 Å². The number of ether oxygens (including phenoxy) is 1. The highest BCUT2D eigenvalue weighted by atomic mass is 16.5. The summed E-state index contributed by atoms with van der Waals surface area (Å²) in [5.74, 6) is 1.37. The molecule has 0 aromatic heterocycles. The van der Waals surface area contributed by atoms with Crippen LogP contribution in [0.5, 0.6) is 0 Å². The summed E-state index contributed by atoms with van der Waals surface area (Å²) in [5, 5.41) is 9.58. The van der Waals surface area contributed by atoms with Crippen LogP contribution in [0.3, 0.4) is 0 Å². The molecule has 0 aromatic rings. The van der Waals surface area contributed by atoms with E-state index in [2.05, 4.69) is 27.7 Å². The van der Waals surface area contributed by atoms with Crippen LogP contribution in [0.4, 0.5) is 0 Å². The Labute approximate surface area is 129 Å². The number of fused-ring (bicyclic) bond motifs is 1. The minimum absolute atomic E-state index is 0.0276. The lowest BCUT2D eigenvalue weighted by molar-refractivity contribution is -0.179. The monoisotopic (exact) mass is 296 g/mol. The van der Waals surface area contributed by atoms with E-state index in [1.54, 1.807) is 0 Å². The van der Waals surface area contributed by atoms with Gasteiger partial charge in [-0.1, -0.05) is 27.7 Å². The minimum atomic E-state index is -0.164. The molecular formula is C18H32O3. The maximum atomic E-state index is 11.5. The van der Waals surface area contributed by atoms with Crippen molar-refractivity contribution in [3.05, 3.63) is 0 Å². The third kappa shape index (κ3) is 2.99. The van der Waals surface area contributed by atoms with Crippen molar-refractivity contribution in [2.24, 2.45) is 28.6 Å². The largest absolute Gasteiger partial charge is 0.462 e. The van der Waals surface area contributed by atoms with E-state index in [9.17, 15) is 9.90 Å². The zero-order chi connectivity index (χ0) is 15.8. The van der Waals surface area contributed by atoms with E-state index in [0.29, 0.717) is 23.2 Å². The first kappa shape index (κ1) is 16.8. The zero-order valence-electron chi connectivity index (χ0n) is 14.3. The highest BCUT2D eigenvalue weighted by molar-refractivity contribution is 5.66. The SMILES string of the molecule is CC(=O)OC1CCC(C)(C)C2CCC(C)C(C)(CCO)C12. The molecule has 0 spiro atoms. The molecule has 0 aliphatic heterocycles. The first-order valence-corrected chi connectivity index (χ1v) is 8.50. The molecule has 2 rings (SSSR count). The van der Waals surface area contributed by atoms with Crippen LogP contribution in [-0.4, -0.2) is 23.8 Å². The molecule has 2 aliphatic carbocycles. The van der Waals surface area contributed by atoms with Crippen LogP contribution >= 0.6 is 0 Å². The second-order valence-corrected chi connectivity index (χ2v) is 8.27. The average Bonchev–Trinajstić information content (AvgIpc) is 2.37. The maximum Gasteiger partial charge on any atom is 0.302 e. The Morgan fingerprint density at radius 1 is 1.24 bits per heavy atom. The standard InChI is InChI=1S/C18H32O3/c1-12-6-7-14-16(18(12,5)10-11-19)15(21-13(2)20)8-9-17(14,3)4/h12,14-16,19H,6-11H2,1-5H3. The number of hydrogen-bond acceptors (Lipinski definition) is 3. The number of carbonyl (C=O) groups is 1. The normalized spacial score (nSPS) is 42.2. The molecule has 2 aliphatic rings. The summed E-state index contributed by atoms with van der Waals surface area (Å²) in [5.41, 5.74) is 0.369. The van der Waals surface area contributed by atoms with E-state index in [1.807, 2.05) is 0 Å². The molecule has 0 aromatic carbocycles. The second kappa shape index (κ2) is 5.91. The van der Waals surface area contributed by atoms with Crippen molar-refractivity contribution in [1.82, 2.24) is 0 Å². The lowest BCUT2D eigenvalue weighted by Gasteiger charge is -2.59. The lowest BCUT2D eigenvalue weighted by Crippen LogP contribution is -2.56. The van der Waals surface area contributed by atoms with Gasteiger partial charge in [-0.3, -0.25) is 4.79 Å². The molecule has 2 fully saturated rings. The molecule has 5 unspecified atom stereocenters. The molecule has 0 amide bonds. The molecule has 1 N–H and O–H groups in total. The van der Waals surface area contributed by atoms with Gasteiger partial charge in [0.1, 0.15) is 6.10 Å². The van der Waals surface area contributed by atoms with E-state index in [4.69, 9.17) is 4.74 Å². The third-order valence-corrected chi connectivity index (χ3v) is 6.68. The topological polar surface area (TPSA) is 46.5 Å².